The molecule has 11 heteroatoms. The summed E-state index contributed by atoms with van der Waals surface area (Å²) in [7, 11) is -3.96. The Labute approximate surface area is 204 Å². The van der Waals surface area contributed by atoms with Crippen molar-refractivity contribution in [1.29, 1.82) is 0 Å². The number of esters is 1. The van der Waals surface area contributed by atoms with Crippen LogP contribution in [0.25, 0.3) is 15.9 Å². The minimum Gasteiger partial charge on any atom is -0.462 e. The van der Waals surface area contributed by atoms with E-state index in [0.29, 0.717) is 18.7 Å². The lowest BCUT2D eigenvalue weighted by Crippen LogP contribution is -2.36. The topological polar surface area (TPSA) is 119 Å². The van der Waals surface area contributed by atoms with Crippen LogP contribution < -0.4 is 15.6 Å². The molecule has 0 radical (unpaired) electrons. The first-order valence-corrected chi connectivity index (χ1v) is 13.3. The number of para-hydroxylation sites is 1. The van der Waals surface area contributed by atoms with E-state index in [-0.39, 0.29) is 33.0 Å². The first kappa shape index (κ1) is 23.1. The third-order valence-corrected chi connectivity index (χ3v) is 8.56. The van der Waals surface area contributed by atoms with Crippen LogP contribution in [-0.4, -0.2) is 37.1 Å². The Morgan fingerprint density at radius 2 is 1.94 bits per heavy atom. The molecule has 0 fully saturated rings. The van der Waals surface area contributed by atoms with E-state index in [0.717, 1.165) is 27.9 Å². The number of ether oxygens (including phenoxy) is 1. The molecule has 0 spiro atoms. The number of hydrogen-bond acceptors (Lipinski definition) is 7. The Morgan fingerprint density at radius 1 is 1.14 bits per heavy atom. The van der Waals surface area contributed by atoms with Crippen LogP contribution in [0.3, 0.4) is 0 Å². The second kappa shape index (κ2) is 8.82. The molecule has 9 nitrogen and oxygen atoms in total. The molecular formula is C24H21N3O6S2. The molecule has 1 aliphatic heterocycles. The van der Waals surface area contributed by atoms with Crippen LogP contribution in [0.15, 0.2) is 68.4 Å². The minimum atomic E-state index is -3.96. The standard InChI is InChI=1S/C24H21N3O6S2/c1-2-33-23(29)18-14-34-21-20(18)22(28)27(24(30)25-21)16-9-5-10-17(13-16)35(31,32)26-12-6-8-15-7-3-4-11-19(15)26/h3-5,7,9-11,13-14H,2,6,8,12H2,1H3,(H,25,30). The van der Waals surface area contributed by atoms with Crippen LogP contribution >= 0.6 is 11.3 Å². The summed E-state index contributed by atoms with van der Waals surface area (Å²) in [6, 6.07) is 13.0. The second-order valence-corrected chi connectivity index (χ2v) is 10.7. The lowest BCUT2D eigenvalue weighted by Gasteiger charge is -2.30. The highest BCUT2D eigenvalue weighted by Gasteiger charge is 2.29. The zero-order valence-electron chi connectivity index (χ0n) is 18.7. The van der Waals surface area contributed by atoms with Crippen molar-refractivity contribution in [3.05, 3.63) is 85.9 Å². The summed E-state index contributed by atoms with van der Waals surface area (Å²) in [5, 5.41) is 1.48. The zero-order chi connectivity index (χ0) is 24.7. The van der Waals surface area contributed by atoms with Crippen molar-refractivity contribution >= 4 is 43.2 Å². The van der Waals surface area contributed by atoms with Gasteiger partial charge >= 0.3 is 11.7 Å². The highest BCUT2D eigenvalue weighted by atomic mass is 32.2. The van der Waals surface area contributed by atoms with E-state index in [2.05, 4.69) is 4.98 Å². The van der Waals surface area contributed by atoms with Gasteiger partial charge in [-0.3, -0.25) is 14.1 Å². The number of hydrogen-bond donors (Lipinski definition) is 1. The first-order chi connectivity index (χ1) is 16.8. The number of aryl methyl sites for hydroxylation is 1. The number of anilines is 1. The predicted octanol–water partition coefficient (Wildman–Crippen LogP) is 3.06. The molecule has 0 amide bonds. The molecule has 0 saturated carbocycles. The van der Waals surface area contributed by atoms with Crippen molar-refractivity contribution in [2.75, 3.05) is 17.5 Å². The molecule has 5 rings (SSSR count). The molecule has 2 aromatic carbocycles. The van der Waals surface area contributed by atoms with E-state index in [1.165, 1.54) is 34.0 Å². The second-order valence-electron chi connectivity index (χ2n) is 7.95. The summed E-state index contributed by atoms with van der Waals surface area (Å²) < 4.78 is 34.4. The molecule has 1 aliphatic rings. The third-order valence-electron chi connectivity index (χ3n) is 5.86. The molecule has 3 heterocycles. The van der Waals surface area contributed by atoms with E-state index in [9.17, 15) is 22.8 Å². The number of rotatable bonds is 5. The molecule has 0 unspecified atom stereocenters. The number of thiophene rings is 1. The summed E-state index contributed by atoms with van der Waals surface area (Å²) in [6.45, 7) is 2.11. The number of sulfonamides is 1. The number of carbonyl (C=O) groups is 1. The van der Waals surface area contributed by atoms with Crippen LogP contribution in [0.4, 0.5) is 5.69 Å². The van der Waals surface area contributed by atoms with Gasteiger partial charge < -0.3 is 4.74 Å². The SMILES string of the molecule is CCOC(=O)c1csc2[nH]c(=O)n(-c3cccc(S(=O)(=O)N4CCCc5ccccc54)c3)c(=O)c12. The summed E-state index contributed by atoms with van der Waals surface area (Å²) in [5.41, 5.74) is 0.225. The largest absolute Gasteiger partial charge is 0.462 e. The van der Waals surface area contributed by atoms with Crippen molar-refractivity contribution < 1.29 is 17.9 Å². The summed E-state index contributed by atoms with van der Waals surface area (Å²) in [5.74, 6) is -0.672. The number of carbonyl (C=O) groups excluding carboxylic acids is 1. The van der Waals surface area contributed by atoms with Crippen LogP contribution in [0.2, 0.25) is 0 Å². The number of nitrogens with one attached hydrogen (secondary N) is 1. The zero-order valence-corrected chi connectivity index (χ0v) is 20.3. The van der Waals surface area contributed by atoms with Gasteiger partial charge in [0.05, 0.1) is 33.8 Å². The average molecular weight is 512 g/mol. The van der Waals surface area contributed by atoms with E-state index < -0.39 is 27.2 Å². The van der Waals surface area contributed by atoms with Gasteiger partial charge in [0.1, 0.15) is 4.83 Å². The van der Waals surface area contributed by atoms with E-state index >= 15 is 0 Å². The molecular weight excluding hydrogens is 490 g/mol. The maximum atomic E-state index is 13.6. The molecule has 180 valence electrons. The highest BCUT2D eigenvalue weighted by molar-refractivity contribution is 7.92. The predicted molar refractivity (Wildman–Crippen MR) is 133 cm³/mol. The Balaban J connectivity index is 1.64. The van der Waals surface area contributed by atoms with Crippen LogP contribution in [0, 0.1) is 0 Å². The third kappa shape index (κ3) is 3.86. The van der Waals surface area contributed by atoms with Crippen LogP contribution in [0.1, 0.15) is 29.3 Å². The summed E-state index contributed by atoms with van der Waals surface area (Å²) >= 11 is 1.05. The van der Waals surface area contributed by atoms with Crippen molar-refractivity contribution in [3.63, 3.8) is 0 Å². The lowest BCUT2D eigenvalue weighted by molar-refractivity contribution is 0.0529. The Hall–Kier alpha value is -3.70. The molecule has 0 aliphatic carbocycles. The maximum absolute atomic E-state index is 13.6. The fraction of sp³-hybridized carbons (Fsp3) is 0.208. The molecule has 0 atom stereocenters. The van der Waals surface area contributed by atoms with Gasteiger partial charge in [-0.05, 0) is 49.6 Å². The van der Waals surface area contributed by atoms with Crippen LogP contribution in [-0.2, 0) is 21.2 Å². The lowest BCUT2D eigenvalue weighted by atomic mass is 10.0. The van der Waals surface area contributed by atoms with Gasteiger partial charge in [0.25, 0.3) is 15.6 Å². The van der Waals surface area contributed by atoms with E-state index in [4.69, 9.17) is 4.74 Å². The summed E-state index contributed by atoms with van der Waals surface area (Å²) in [6.07, 6.45) is 1.47. The van der Waals surface area contributed by atoms with Crippen LogP contribution in [0.5, 0.6) is 0 Å². The number of aromatic amines is 1. The summed E-state index contributed by atoms with van der Waals surface area (Å²) in [4.78, 5) is 41.3. The van der Waals surface area contributed by atoms with Crippen molar-refractivity contribution in [2.45, 2.75) is 24.7 Å². The van der Waals surface area contributed by atoms with Gasteiger partial charge in [-0.2, -0.15) is 0 Å². The Kier molecular flexibility index (Phi) is 5.81. The molecule has 1 N–H and O–H groups in total. The van der Waals surface area contributed by atoms with Gasteiger partial charge in [0, 0.05) is 11.9 Å². The number of nitrogens with zero attached hydrogens (tertiary/aromatic N) is 2. The Morgan fingerprint density at radius 3 is 2.74 bits per heavy atom. The fourth-order valence-electron chi connectivity index (χ4n) is 4.27. The van der Waals surface area contributed by atoms with Gasteiger partial charge in [-0.25, -0.2) is 22.6 Å². The van der Waals surface area contributed by atoms with Crippen molar-refractivity contribution in [2.24, 2.45) is 0 Å². The fourth-order valence-corrected chi connectivity index (χ4v) is 6.76. The van der Waals surface area contributed by atoms with E-state index in [1.807, 2.05) is 12.1 Å². The van der Waals surface area contributed by atoms with Gasteiger partial charge in [-0.1, -0.05) is 24.3 Å². The molecule has 4 aromatic rings. The normalized spacial score (nSPS) is 13.6. The molecule has 0 bridgehead atoms. The smallest absolute Gasteiger partial charge is 0.339 e. The molecule has 2 aromatic heterocycles. The maximum Gasteiger partial charge on any atom is 0.339 e. The quantitative estimate of drug-likeness (QED) is 0.412. The van der Waals surface area contributed by atoms with Gasteiger partial charge in [0.15, 0.2) is 0 Å². The van der Waals surface area contributed by atoms with E-state index in [1.54, 1.807) is 19.1 Å². The number of benzene rings is 2. The van der Waals surface area contributed by atoms with Crippen molar-refractivity contribution in [1.82, 2.24) is 9.55 Å². The van der Waals surface area contributed by atoms with Gasteiger partial charge in [0.2, 0.25) is 0 Å². The average Bonchev–Trinajstić information content (AvgIpc) is 3.28. The first-order valence-electron chi connectivity index (χ1n) is 11.0. The monoisotopic (exact) mass is 511 g/mol. The Bertz CT molecular complexity index is 1680. The van der Waals surface area contributed by atoms with Crippen molar-refractivity contribution in [3.8, 4) is 5.69 Å². The van der Waals surface area contributed by atoms with Gasteiger partial charge in [-0.15, -0.1) is 11.3 Å². The number of fused-ring (bicyclic) bond motifs is 2. The highest BCUT2D eigenvalue weighted by Crippen LogP contribution is 2.32. The number of H-pyrrole nitrogens is 1. The number of aromatic nitrogens is 2. The molecule has 0 saturated heterocycles. The minimum absolute atomic E-state index is 0.0197. The molecule has 35 heavy (non-hydrogen) atoms.